The quantitative estimate of drug-likeness (QED) is 0.717. The van der Waals surface area contributed by atoms with Crippen molar-refractivity contribution in [3.05, 3.63) is 46.7 Å². The van der Waals surface area contributed by atoms with Crippen LogP contribution >= 0.6 is 11.3 Å². The molecule has 0 saturated carbocycles. The highest BCUT2D eigenvalue weighted by Gasteiger charge is 2.04. The maximum atomic E-state index is 5.96. The van der Waals surface area contributed by atoms with Gasteiger partial charge in [0.2, 0.25) is 0 Å². The lowest BCUT2D eigenvalue weighted by atomic mass is 10.1. The molecule has 4 nitrogen and oxygen atoms in total. The third kappa shape index (κ3) is 2.37. The van der Waals surface area contributed by atoms with Crippen LogP contribution in [0.4, 0.5) is 11.4 Å². The molecule has 3 N–H and O–H groups in total. The van der Waals surface area contributed by atoms with E-state index in [1.165, 1.54) is 0 Å². The molecule has 5 heteroatoms. The summed E-state index contributed by atoms with van der Waals surface area (Å²) in [5.74, 6) is 0. The van der Waals surface area contributed by atoms with Gasteiger partial charge in [0.05, 0.1) is 17.2 Å². The van der Waals surface area contributed by atoms with Crippen LogP contribution in [0.3, 0.4) is 0 Å². The normalized spacial score (nSPS) is 10.8. The number of rotatable bonds is 3. The van der Waals surface area contributed by atoms with Crippen molar-refractivity contribution in [2.45, 2.75) is 13.5 Å². The van der Waals surface area contributed by atoms with E-state index < -0.39 is 0 Å². The molecule has 0 spiro atoms. The molecule has 96 valence electrons. The first-order valence-corrected chi connectivity index (χ1v) is 6.89. The maximum absolute atomic E-state index is 5.96. The fraction of sp³-hybridized carbons (Fsp3) is 0.143. The smallest absolute Gasteiger partial charge is 0.0898 e. The van der Waals surface area contributed by atoms with Gasteiger partial charge in [0.25, 0.3) is 0 Å². The molecule has 0 bridgehead atoms. The maximum Gasteiger partial charge on any atom is 0.0898 e. The number of hydrogen-bond acceptors (Lipinski definition) is 5. The van der Waals surface area contributed by atoms with E-state index in [1.807, 2.05) is 25.1 Å². The number of aromatic nitrogens is 2. The number of thiazole rings is 1. The first kappa shape index (κ1) is 11.9. The summed E-state index contributed by atoms with van der Waals surface area (Å²) in [4.78, 5) is 8.56. The van der Waals surface area contributed by atoms with Gasteiger partial charge in [-0.1, -0.05) is 0 Å². The van der Waals surface area contributed by atoms with Crippen molar-refractivity contribution in [3.8, 4) is 0 Å². The number of nitrogens with zero attached hydrogens (tertiary/aromatic N) is 2. The van der Waals surface area contributed by atoms with Crippen molar-refractivity contribution in [3.63, 3.8) is 0 Å². The lowest BCUT2D eigenvalue weighted by Gasteiger charge is -2.10. The van der Waals surface area contributed by atoms with E-state index >= 15 is 0 Å². The summed E-state index contributed by atoms with van der Waals surface area (Å²) >= 11 is 1.66. The Morgan fingerprint density at radius 3 is 2.95 bits per heavy atom. The molecule has 0 amide bonds. The average Bonchev–Trinajstić information content (AvgIpc) is 2.84. The largest absolute Gasteiger partial charge is 0.398 e. The van der Waals surface area contributed by atoms with Crippen LogP contribution in [-0.2, 0) is 6.54 Å². The lowest BCUT2D eigenvalue weighted by Crippen LogP contribution is -2.01. The number of benzene rings is 1. The molecule has 19 heavy (non-hydrogen) atoms. The Balaban J connectivity index is 1.91. The van der Waals surface area contributed by atoms with Gasteiger partial charge in [-0.05, 0) is 25.1 Å². The highest BCUT2D eigenvalue weighted by Crippen LogP contribution is 2.27. The summed E-state index contributed by atoms with van der Waals surface area (Å²) in [6.45, 7) is 2.73. The van der Waals surface area contributed by atoms with Crippen LogP contribution in [-0.4, -0.2) is 9.97 Å². The van der Waals surface area contributed by atoms with Crippen LogP contribution in [0, 0.1) is 6.92 Å². The molecule has 2 heterocycles. The van der Waals surface area contributed by atoms with Gasteiger partial charge in [-0.25, -0.2) is 4.98 Å². The average molecular weight is 270 g/mol. The number of nitrogens with one attached hydrogen (secondary N) is 1. The van der Waals surface area contributed by atoms with Gasteiger partial charge in [-0.15, -0.1) is 11.3 Å². The Morgan fingerprint density at radius 2 is 2.16 bits per heavy atom. The highest BCUT2D eigenvalue weighted by atomic mass is 32.1. The van der Waals surface area contributed by atoms with E-state index in [9.17, 15) is 0 Å². The zero-order chi connectivity index (χ0) is 13.2. The number of hydrogen-bond donors (Lipinski definition) is 2. The zero-order valence-electron chi connectivity index (χ0n) is 10.6. The fourth-order valence-corrected chi connectivity index (χ4v) is 2.65. The van der Waals surface area contributed by atoms with Gasteiger partial charge < -0.3 is 11.1 Å². The summed E-state index contributed by atoms with van der Waals surface area (Å²) in [5.41, 5.74) is 8.82. The first-order valence-electron chi connectivity index (χ1n) is 6.01. The minimum atomic E-state index is 0.714. The van der Waals surface area contributed by atoms with Crippen LogP contribution in [0.15, 0.2) is 36.0 Å². The van der Waals surface area contributed by atoms with Crippen molar-refractivity contribution in [1.29, 1.82) is 0 Å². The molecule has 0 atom stereocenters. The third-order valence-electron chi connectivity index (χ3n) is 2.98. The van der Waals surface area contributed by atoms with E-state index in [4.69, 9.17) is 5.73 Å². The van der Waals surface area contributed by atoms with Crippen molar-refractivity contribution in [1.82, 2.24) is 9.97 Å². The number of aryl methyl sites for hydroxylation is 1. The van der Waals surface area contributed by atoms with Crippen LogP contribution < -0.4 is 11.1 Å². The zero-order valence-corrected chi connectivity index (χ0v) is 11.4. The number of pyridine rings is 1. The van der Waals surface area contributed by atoms with E-state index in [0.29, 0.717) is 6.54 Å². The van der Waals surface area contributed by atoms with E-state index in [0.717, 1.165) is 32.8 Å². The standard InChI is InChI=1S/C14H14N4S/c1-9-18-10(8-19-9)6-17-14-3-2-13(15)12-7-16-5-4-11(12)14/h2-5,7-8,17H,6,15H2,1H3. The highest BCUT2D eigenvalue weighted by molar-refractivity contribution is 7.09. The van der Waals surface area contributed by atoms with Gasteiger partial charge in [0, 0.05) is 39.9 Å². The Bertz CT molecular complexity index is 720. The van der Waals surface area contributed by atoms with Gasteiger partial charge in [-0.3, -0.25) is 4.98 Å². The summed E-state index contributed by atoms with van der Waals surface area (Å²) < 4.78 is 0. The molecule has 0 radical (unpaired) electrons. The van der Waals surface area contributed by atoms with Gasteiger partial charge in [-0.2, -0.15) is 0 Å². The molecule has 0 aliphatic carbocycles. The van der Waals surface area contributed by atoms with Gasteiger partial charge in [0.15, 0.2) is 0 Å². The topological polar surface area (TPSA) is 63.8 Å². The second-order valence-corrected chi connectivity index (χ2v) is 5.40. The van der Waals surface area contributed by atoms with Crippen LogP contribution in [0.5, 0.6) is 0 Å². The van der Waals surface area contributed by atoms with Gasteiger partial charge >= 0.3 is 0 Å². The number of nitrogens with two attached hydrogens (primary N) is 1. The summed E-state index contributed by atoms with van der Waals surface area (Å²) in [7, 11) is 0. The van der Waals surface area contributed by atoms with E-state index in [2.05, 4.69) is 20.7 Å². The van der Waals surface area contributed by atoms with Crippen LogP contribution in [0.25, 0.3) is 10.8 Å². The fourth-order valence-electron chi connectivity index (χ4n) is 2.04. The van der Waals surface area contributed by atoms with Crippen molar-refractivity contribution >= 4 is 33.5 Å². The molecule has 3 rings (SSSR count). The number of fused-ring (bicyclic) bond motifs is 1. The lowest BCUT2D eigenvalue weighted by molar-refractivity contribution is 1.06. The van der Waals surface area contributed by atoms with Crippen molar-refractivity contribution < 1.29 is 0 Å². The molecule has 0 unspecified atom stereocenters. The predicted molar refractivity (Wildman–Crippen MR) is 80.3 cm³/mol. The predicted octanol–water partition coefficient (Wildman–Crippen LogP) is 3.19. The second-order valence-electron chi connectivity index (χ2n) is 4.34. The molecule has 0 fully saturated rings. The molecule has 3 aromatic rings. The van der Waals surface area contributed by atoms with Gasteiger partial charge in [0.1, 0.15) is 0 Å². The first-order chi connectivity index (χ1) is 9.24. The minimum Gasteiger partial charge on any atom is -0.398 e. The van der Waals surface area contributed by atoms with E-state index in [-0.39, 0.29) is 0 Å². The number of anilines is 2. The summed E-state index contributed by atoms with van der Waals surface area (Å²) in [6.07, 6.45) is 3.57. The van der Waals surface area contributed by atoms with Crippen LogP contribution in [0.1, 0.15) is 10.7 Å². The minimum absolute atomic E-state index is 0.714. The second kappa shape index (κ2) is 4.85. The Labute approximate surface area is 115 Å². The molecule has 0 aliphatic rings. The SMILES string of the molecule is Cc1nc(CNc2ccc(N)c3cnccc23)cs1. The van der Waals surface area contributed by atoms with Crippen molar-refractivity contribution in [2.75, 3.05) is 11.1 Å². The number of nitrogen functional groups attached to an aromatic ring is 1. The Hall–Kier alpha value is -2.14. The van der Waals surface area contributed by atoms with Crippen LogP contribution in [0.2, 0.25) is 0 Å². The monoisotopic (exact) mass is 270 g/mol. The third-order valence-corrected chi connectivity index (χ3v) is 3.80. The molecular weight excluding hydrogens is 256 g/mol. The summed E-state index contributed by atoms with van der Waals surface area (Å²) in [6, 6.07) is 5.87. The molecular formula is C14H14N4S. The van der Waals surface area contributed by atoms with E-state index in [1.54, 1.807) is 23.7 Å². The molecule has 0 aliphatic heterocycles. The van der Waals surface area contributed by atoms with Crippen molar-refractivity contribution in [2.24, 2.45) is 0 Å². The molecule has 2 aromatic heterocycles. The summed E-state index contributed by atoms with van der Waals surface area (Å²) in [5, 5.41) is 8.62. The molecule has 0 saturated heterocycles. The Kier molecular flexibility index (Phi) is 3.05. The molecule has 1 aromatic carbocycles. The Morgan fingerprint density at radius 1 is 1.26 bits per heavy atom.